The van der Waals surface area contributed by atoms with Crippen molar-refractivity contribution < 1.29 is 23.9 Å². The average Bonchev–Trinajstić information content (AvgIpc) is 3.04. The Balaban J connectivity index is 1.63. The summed E-state index contributed by atoms with van der Waals surface area (Å²) in [4.78, 5) is 44.3. The van der Waals surface area contributed by atoms with Crippen LogP contribution in [0.3, 0.4) is 0 Å². The second-order valence-corrected chi connectivity index (χ2v) is 13.5. The smallest absolute Gasteiger partial charge is 0.246 e. The molecule has 4 rings (SSSR count). The number of halogens is 1. The van der Waals surface area contributed by atoms with Gasteiger partial charge in [-0.3, -0.25) is 14.4 Å². The molecule has 4 N–H and O–H groups in total. The molecule has 0 aromatic heterocycles. The number of amides is 3. The van der Waals surface area contributed by atoms with Crippen molar-refractivity contribution >= 4 is 28.5 Å². The van der Waals surface area contributed by atoms with E-state index in [1.165, 1.54) is 28.0 Å². The van der Waals surface area contributed by atoms with Gasteiger partial charge in [0.25, 0.3) is 0 Å². The highest BCUT2D eigenvalue weighted by Crippen LogP contribution is 2.32. The summed E-state index contributed by atoms with van der Waals surface area (Å²) >= 11 is 0. The van der Waals surface area contributed by atoms with E-state index in [9.17, 15) is 23.9 Å². The summed E-state index contributed by atoms with van der Waals surface area (Å²) in [5.74, 6) is -1.55. The van der Waals surface area contributed by atoms with Gasteiger partial charge in [0.15, 0.2) is 0 Å². The number of likely N-dealkylation sites (N-methyl/N-ethyl adjacent to an activating group) is 2. The number of rotatable bonds is 14. The molecule has 9 heteroatoms. The van der Waals surface area contributed by atoms with E-state index < -0.39 is 35.1 Å². The Kier molecular flexibility index (Phi) is 11.3. The summed E-state index contributed by atoms with van der Waals surface area (Å²) in [5, 5.41) is 14.7. The standard InChI is InChI=1S/C37H47FN4O4/c1-36(2,25-43)24-40-34(45)31(22-26-13-16-30(38)17-14-26)42(4)35(46)32(23-27-12-15-28-9-5-6-10-29(28)21-27)41(3)33(44)11-7-18-37(39)19-8-20-37/h5-7,9-17,21,31-32,43H,8,18-20,22-25,39H2,1-4H3,(H,40,45)/t31-,32-/m1/s1. The van der Waals surface area contributed by atoms with Crippen LogP contribution in [0.15, 0.2) is 78.9 Å². The molecule has 3 aromatic rings. The third kappa shape index (κ3) is 9.01. The van der Waals surface area contributed by atoms with Crippen molar-refractivity contribution in [2.45, 2.75) is 70.0 Å². The molecule has 8 nitrogen and oxygen atoms in total. The second kappa shape index (κ2) is 15.0. The van der Waals surface area contributed by atoms with E-state index in [0.717, 1.165) is 35.6 Å². The molecule has 0 aliphatic heterocycles. The first-order valence-corrected chi connectivity index (χ1v) is 15.9. The fraction of sp³-hybridized carbons (Fsp3) is 0.432. The van der Waals surface area contributed by atoms with Crippen LogP contribution in [0.5, 0.6) is 0 Å². The number of hydrogen-bond acceptors (Lipinski definition) is 5. The number of benzene rings is 3. The van der Waals surface area contributed by atoms with Crippen LogP contribution in [-0.2, 0) is 27.2 Å². The molecule has 2 atom stereocenters. The van der Waals surface area contributed by atoms with Crippen LogP contribution < -0.4 is 11.1 Å². The Morgan fingerprint density at radius 3 is 2.22 bits per heavy atom. The lowest BCUT2D eigenvalue weighted by atomic mass is 9.75. The zero-order chi connectivity index (χ0) is 33.5. The highest BCUT2D eigenvalue weighted by atomic mass is 19.1. The van der Waals surface area contributed by atoms with Crippen molar-refractivity contribution in [3.8, 4) is 0 Å². The fourth-order valence-electron chi connectivity index (χ4n) is 5.62. The van der Waals surface area contributed by atoms with E-state index in [4.69, 9.17) is 5.73 Å². The first-order chi connectivity index (χ1) is 21.8. The predicted molar refractivity (Wildman–Crippen MR) is 179 cm³/mol. The summed E-state index contributed by atoms with van der Waals surface area (Å²) in [7, 11) is 3.16. The van der Waals surface area contributed by atoms with Crippen LogP contribution in [0.1, 0.15) is 50.7 Å². The number of fused-ring (bicyclic) bond motifs is 1. The predicted octanol–water partition coefficient (Wildman–Crippen LogP) is 4.38. The number of hydrogen-bond donors (Lipinski definition) is 3. The SMILES string of the molecule is CN(C(=O)C=CCC1(N)CCC1)[C@H](Cc1ccc2ccccc2c1)C(=O)N(C)[C@H](Cc1ccc(F)cc1)C(=O)NCC(C)(C)CO. The van der Waals surface area contributed by atoms with E-state index in [1.54, 1.807) is 32.3 Å². The lowest BCUT2D eigenvalue weighted by molar-refractivity contribution is -0.146. The molecule has 0 saturated heterocycles. The number of carbonyl (C=O) groups is 3. The molecule has 0 radical (unpaired) electrons. The number of nitrogens with one attached hydrogen (secondary N) is 1. The third-order valence-corrected chi connectivity index (χ3v) is 9.11. The van der Waals surface area contributed by atoms with Crippen LogP contribution in [0.25, 0.3) is 10.8 Å². The van der Waals surface area contributed by atoms with Gasteiger partial charge in [-0.1, -0.05) is 74.5 Å². The number of aliphatic hydroxyl groups is 1. The van der Waals surface area contributed by atoms with Crippen molar-refractivity contribution in [2.24, 2.45) is 11.1 Å². The van der Waals surface area contributed by atoms with Gasteiger partial charge in [-0.2, -0.15) is 0 Å². The van der Waals surface area contributed by atoms with Crippen LogP contribution in [0.2, 0.25) is 0 Å². The van der Waals surface area contributed by atoms with Crippen molar-refractivity contribution in [1.29, 1.82) is 0 Å². The van der Waals surface area contributed by atoms with Crippen molar-refractivity contribution in [3.63, 3.8) is 0 Å². The normalized spacial score (nSPS) is 15.6. The topological polar surface area (TPSA) is 116 Å². The van der Waals surface area contributed by atoms with E-state index in [2.05, 4.69) is 5.32 Å². The summed E-state index contributed by atoms with van der Waals surface area (Å²) in [6.07, 6.45) is 7.13. The third-order valence-electron chi connectivity index (χ3n) is 9.11. The van der Waals surface area contributed by atoms with Crippen molar-refractivity contribution in [3.05, 3.63) is 95.8 Å². The van der Waals surface area contributed by atoms with E-state index in [-0.39, 0.29) is 37.4 Å². The maximum atomic E-state index is 14.4. The number of nitrogens with zero attached hydrogens (tertiary/aromatic N) is 2. The summed E-state index contributed by atoms with van der Waals surface area (Å²) in [5.41, 5.74) is 7.04. The molecule has 46 heavy (non-hydrogen) atoms. The molecule has 0 spiro atoms. The maximum Gasteiger partial charge on any atom is 0.246 e. The molecular formula is C37H47FN4O4. The minimum atomic E-state index is -0.957. The highest BCUT2D eigenvalue weighted by Gasteiger charge is 2.36. The van der Waals surface area contributed by atoms with Gasteiger partial charge in [0, 0.05) is 51.0 Å². The monoisotopic (exact) mass is 630 g/mol. The minimum absolute atomic E-state index is 0.132. The Morgan fingerprint density at radius 1 is 0.957 bits per heavy atom. The van der Waals surface area contributed by atoms with Gasteiger partial charge in [-0.25, -0.2) is 4.39 Å². The molecule has 1 aliphatic rings. The van der Waals surface area contributed by atoms with E-state index in [0.29, 0.717) is 12.0 Å². The molecule has 3 aromatic carbocycles. The zero-order valence-electron chi connectivity index (χ0n) is 27.3. The molecule has 3 amide bonds. The molecule has 1 fully saturated rings. The van der Waals surface area contributed by atoms with Gasteiger partial charge in [-0.05, 0) is 65.8 Å². The van der Waals surface area contributed by atoms with Gasteiger partial charge in [0.1, 0.15) is 17.9 Å². The van der Waals surface area contributed by atoms with Gasteiger partial charge in [0.2, 0.25) is 17.7 Å². The van der Waals surface area contributed by atoms with Gasteiger partial charge in [-0.15, -0.1) is 0 Å². The van der Waals surface area contributed by atoms with Gasteiger partial charge >= 0.3 is 0 Å². The van der Waals surface area contributed by atoms with E-state index in [1.807, 2.05) is 56.3 Å². The molecule has 1 aliphatic carbocycles. The van der Waals surface area contributed by atoms with Crippen LogP contribution in [-0.4, -0.2) is 77.5 Å². The Bertz CT molecular complexity index is 1550. The lowest BCUT2D eigenvalue weighted by Crippen LogP contribution is -2.56. The largest absolute Gasteiger partial charge is 0.396 e. The molecule has 0 unspecified atom stereocenters. The molecule has 0 bridgehead atoms. The molecule has 0 heterocycles. The Morgan fingerprint density at radius 2 is 1.59 bits per heavy atom. The average molecular weight is 631 g/mol. The van der Waals surface area contributed by atoms with Crippen LogP contribution >= 0.6 is 0 Å². The summed E-state index contributed by atoms with van der Waals surface area (Å²) < 4.78 is 13.7. The maximum absolute atomic E-state index is 14.4. The van der Waals surface area contributed by atoms with Crippen molar-refractivity contribution in [1.82, 2.24) is 15.1 Å². The number of carbonyl (C=O) groups excluding carboxylic acids is 3. The molecular weight excluding hydrogens is 583 g/mol. The van der Waals surface area contributed by atoms with Crippen LogP contribution in [0.4, 0.5) is 4.39 Å². The quantitative estimate of drug-likeness (QED) is 0.229. The molecule has 1 saturated carbocycles. The van der Waals surface area contributed by atoms with E-state index >= 15 is 0 Å². The number of nitrogens with two attached hydrogens (primary N) is 1. The Hall–Kier alpha value is -4.08. The van der Waals surface area contributed by atoms with Gasteiger partial charge < -0.3 is 26.0 Å². The zero-order valence-corrected chi connectivity index (χ0v) is 27.3. The first kappa shape index (κ1) is 34.8. The summed E-state index contributed by atoms with van der Waals surface area (Å²) in [6.45, 7) is 3.70. The fourth-order valence-corrected chi connectivity index (χ4v) is 5.62. The number of aliphatic hydroxyl groups excluding tert-OH is 1. The minimum Gasteiger partial charge on any atom is -0.396 e. The molecule has 246 valence electrons. The first-order valence-electron chi connectivity index (χ1n) is 15.9. The highest BCUT2D eigenvalue weighted by molar-refractivity contribution is 5.95. The summed E-state index contributed by atoms with van der Waals surface area (Å²) in [6, 6.07) is 17.8. The lowest BCUT2D eigenvalue weighted by Gasteiger charge is -2.37. The van der Waals surface area contributed by atoms with Crippen LogP contribution in [0, 0.1) is 11.2 Å². The van der Waals surface area contributed by atoms with Crippen molar-refractivity contribution in [2.75, 3.05) is 27.2 Å². The Labute approximate surface area is 271 Å². The second-order valence-electron chi connectivity index (χ2n) is 13.5. The van der Waals surface area contributed by atoms with Gasteiger partial charge in [0.05, 0.1) is 0 Å².